The van der Waals surface area contributed by atoms with E-state index in [9.17, 15) is 0 Å². The molecule has 1 unspecified atom stereocenters. The standard InChI is InChI=1S/C13H27N3/c1-2-16-9-6-12(7-10-16)15-11-13-5-3-4-8-14-13/h12-15H,2-11H2,1H3. The first-order valence-electron chi connectivity index (χ1n) is 7.07. The molecule has 16 heavy (non-hydrogen) atoms. The summed E-state index contributed by atoms with van der Waals surface area (Å²) in [4.78, 5) is 2.55. The van der Waals surface area contributed by atoms with Crippen molar-refractivity contribution in [2.24, 2.45) is 0 Å². The topological polar surface area (TPSA) is 27.3 Å². The first-order chi connectivity index (χ1) is 7.88. The van der Waals surface area contributed by atoms with Gasteiger partial charge in [0, 0.05) is 18.6 Å². The van der Waals surface area contributed by atoms with E-state index in [4.69, 9.17) is 0 Å². The fourth-order valence-corrected chi connectivity index (χ4v) is 2.86. The van der Waals surface area contributed by atoms with Crippen molar-refractivity contribution in [1.82, 2.24) is 15.5 Å². The van der Waals surface area contributed by atoms with Crippen molar-refractivity contribution in [3.05, 3.63) is 0 Å². The lowest BCUT2D eigenvalue weighted by Gasteiger charge is -2.33. The molecule has 0 spiro atoms. The van der Waals surface area contributed by atoms with Crippen LogP contribution in [0, 0.1) is 0 Å². The van der Waals surface area contributed by atoms with Crippen LogP contribution in [0.25, 0.3) is 0 Å². The van der Waals surface area contributed by atoms with Crippen molar-refractivity contribution in [3.8, 4) is 0 Å². The van der Waals surface area contributed by atoms with Gasteiger partial charge < -0.3 is 15.5 Å². The summed E-state index contributed by atoms with van der Waals surface area (Å²) in [6.07, 6.45) is 6.81. The van der Waals surface area contributed by atoms with Crippen molar-refractivity contribution in [2.75, 3.05) is 32.7 Å². The fraction of sp³-hybridized carbons (Fsp3) is 1.00. The van der Waals surface area contributed by atoms with Crippen LogP contribution in [-0.2, 0) is 0 Å². The first kappa shape index (κ1) is 12.3. The van der Waals surface area contributed by atoms with E-state index in [-0.39, 0.29) is 0 Å². The van der Waals surface area contributed by atoms with E-state index < -0.39 is 0 Å². The van der Waals surface area contributed by atoms with Crippen LogP contribution < -0.4 is 10.6 Å². The average Bonchev–Trinajstić information content (AvgIpc) is 2.38. The number of hydrogen-bond donors (Lipinski definition) is 2. The minimum atomic E-state index is 0.734. The smallest absolute Gasteiger partial charge is 0.0192 e. The quantitative estimate of drug-likeness (QED) is 0.753. The third-order valence-corrected chi connectivity index (χ3v) is 4.10. The molecule has 0 aromatic carbocycles. The highest BCUT2D eigenvalue weighted by atomic mass is 15.1. The Morgan fingerprint density at radius 2 is 2.00 bits per heavy atom. The molecule has 2 saturated heterocycles. The SMILES string of the molecule is CCN1CCC(NCC2CCCCN2)CC1. The Morgan fingerprint density at radius 1 is 1.19 bits per heavy atom. The molecule has 0 saturated carbocycles. The predicted octanol–water partition coefficient (Wildman–Crippen LogP) is 1.20. The third kappa shape index (κ3) is 3.72. The Bertz CT molecular complexity index is 182. The molecule has 0 aromatic rings. The van der Waals surface area contributed by atoms with E-state index >= 15 is 0 Å². The van der Waals surface area contributed by atoms with Gasteiger partial charge in [-0.2, -0.15) is 0 Å². The summed E-state index contributed by atoms with van der Waals surface area (Å²) in [7, 11) is 0. The van der Waals surface area contributed by atoms with E-state index in [1.54, 1.807) is 0 Å². The first-order valence-corrected chi connectivity index (χ1v) is 7.07. The van der Waals surface area contributed by atoms with Gasteiger partial charge >= 0.3 is 0 Å². The second-order valence-electron chi connectivity index (χ2n) is 5.26. The van der Waals surface area contributed by atoms with Crippen LogP contribution >= 0.6 is 0 Å². The summed E-state index contributed by atoms with van der Waals surface area (Å²) in [6.45, 7) is 8.45. The molecule has 1 atom stereocenters. The van der Waals surface area contributed by atoms with Gasteiger partial charge in [-0.15, -0.1) is 0 Å². The van der Waals surface area contributed by atoms with Gasteiger partial charge in [-0.3, -0.25) is 0 Å². The largest absolute Gasteiger partial charge is 0.313 e. The summed E-state index contributed by atoms with van der Waals surface area (Å²) in [5, 5.41) is 7.35. The normalized spacial score (nSPS) is 29.4. The van der Waals surface area contributed by atoms with Crippen molar-refractivity contribution in [1.29, 1.82) is 0 Å². The van der Waals surface area contributed by atoms with Crippen LogP contribution in [0.2, 0.25) is 0 Å². The van der Waals surface area contributed by atoms with Crippen LogP contribution in [0.3, 0.4) is 0 Å². The molecular weight excluding hydrogens is 198 g/mol. The number of piperidine rings is 2. The number of nitrogens with one attached hydrogen (secondary N) is 2. The number of hydrogen-bond acceptors (Lipinski definition) is 3. The summed E-state index contributed by atoms with van der Waals surface area (Å²) < 4.78 is 0. The molecule has 2 aliphatic heterocycles. The maximum atomic E-state index is 3.75. The molecule has 3 nitrogen and oxygen atoms in total. The molecule has 3 heteroatoms. The summed E-state index contributed by atoms with van der Waals surface area (Å²) in [5.41, 5.74) is 0. The minimum absolute atomic E-state index is 0.734. The second kappa shape index (κ2) is 6.58. The highest BCUT2D eigenvalue weighted by Crippen LogP contribution is 2.11. The monoisotopic (exact) mass is 225 g/mol. The van der Waals surface area contributed by atoms with Crippen LogP contribution in [0.1, 0.15) is 39.0 Å². The lowest BCUT2D eigenvalue weighted by molar-refractivity contribution is 0.202. The van der Waals surface area contributed by atoms with E-state index in [2.05, 4.69) is 22.5 Å². The Morgan fingerprint density at radius 3 is 2.62 bits per heavy atom. The summed E-state index contributed by atoms with van der Waals surface area (Å²) in [6, 6.07) is 1.50. The molecule has 2 fully saturated rings. The zero-order valence-corrected chi connectivity index (χ0v) is 10.7. The van der Waals surface area contributed by atoms with E-state index in [0.717, 1.165) is 12.1 Å². The van der Waals surface area contributed by atoms with Gasteiger partial charge in [0.25, 0.3) is 0 Å². The van der Waals surface area contributed by atoms with Gasteiger partial charge in [0.2, 0.25) is 0 Å². The lowest BCUT2D eigenvalue weighted by atomic mass is 10.0. The highest BCUT2D eigenvalue weighted by molar-refractivity contribution is 4.80. The average molecular weight is 225 g/mol. The molecule has 2 heterocycles. The van der Waals surface area contributed by atoms with Crippen LogP contribution in [0.4, 0.5) is 0 Å². The summed E-state index contributed by atoms with van der Waals surface area (Å²) >= 11 is 0. The van der Waals surface area contributed by atoms with Gasteiger partial charge in [-0.05, 0) is 51.9 Å². The van der Waals surface area contributed by atoms with Gasteiger partial charge in [0.05, 0.1) is 0 Å². The minimum Gasteiger partial charge on any atom is -0.313 e. The third-order valence-electron chi connectivity index (χ3n) is 4.10. The number of rotatable bonds is 4. The van der Waals surface area contributed by atoms with Crippen molar-refractivity contribution < 1.29 is 0 Å². The van der Waals surface area contributed by atoms with Crippen molar-refractivity contribution in [2.45, 2.75) is 51.1 Å². The highest BCUT2D eigenvalue weighted by Gasteiger charge is 2.19. The Labute approximate surface area is 100.0 Å². The molecule has 2 aliphatic rings. The molecule has 2 rings (SSSR count). The summed E-state index contributed by atoms with van der Waals surface area (Å²) in [5.74, 6) is 0. The molecular formula is C13H27N3. The number of nitrogens with zero attached hydrogens (tertiary/aromatic N) is 1. The Hall–Kier alpha value is -0.120. The molecule has 0 bridgehead atoms. The Kier molecular flexibility index (Phi) is 5.07. The second-order valence-corrected chi connectivity index (χ2v) is 5.26. The van der Waals surface area contributed by atoms with Gasteiger partial charge in [0.1, 0.15) is 0 Å². The molecule has 94 valence electrons. The van der Waals surface area contributed by atoms with E-state index in [0.29, 0.717) is 0 Å². The molecule has 2 N–H and O–H groups in total. The molecule has 0 aliphatic carbocycles. The van der Waals surface area contributed by atoms with Crippen LogP contribution in [0.5, 0.6) is 0 Å². The fourth-order valence-electron chi connectivity index (χ4n) is 2.86. The van der Waals surface area contributed by atoms with E-state index in [1.165, 1.54) is 64.8 Å². The molecule has 0 radical (unpaired) electrons. The van der Waals surface area contributed by atoms with Crippen LogP contribution in [0.15, 0.2) is 0 Å². The van der Waals surface area contributed by atoms with Gasteiger partial charge in [0.15, 0.2) is 0 Å². The van der Waals surface area contributed by atoms with E-state index in [1.807, 2.05) is 0 Å². The maximum Gasteiger partial charge on any atom is 0.0192 e. The maximum absolute atomic E-state index is 3.75. The zero-order valence-electron chi connectivity index (χ0n) is 10.7. The molecule has 0 aromatic heterocycles. The van der Waals surface area contributed by atoms with Gasteiger partial charge in [-0.25, -0.2) is 0 Å². The van der Waals surface area contributed by atoms with Gasteiger partial charge in [-0.1, -0.05) is 13.3 Å². The Balaban J connectivity index is 1.59. The van der Waals surface area contributed by atoms with Crippen molar-refractivity contribution >= 4 is 0 Å². The lowest BCUT2D eigenvalue weighted by Crippen LogP contribution is -2.48. The zero-order chi connectivity index (χ0) is 11.2. The number of likely N-dealkylation sites (tertiary alicyclic amines) is 1. The molecule has 0 amide bonds. The van der Waals surface area contributed by atoms with Crippen molar-refractivity contribution in [3.63, 3.8) is 0 Å². The van der Waals surface area contributed by atoms with Crippen LogP contribution in [-0.4, -0.2) is 49.7 Å². The predicted molar refractivity (Wildman–Crippen MR) is 68.8 cm³/mol.